The van der Waals surface area contributed by atoms with Crippen LogP contribution in [0.2, 0.25) is 0 Å². The van der Waals surface area contributed by atoms with E-state index in [9.17, 15) is 0 Å². The van der Waals surface area contributed by atoms with Gasteiger partial charge in [0.1, 0.15) is 0 Å². The first-order valence-electron chi connectivity index (χ1n) is 8.00. The first-order valence-corrected chi connectivity index (χ1v) is 8.54. The van der Waals surface area contributed by atoms with Crippen molar-refractivity contribution < 1.29 is 16.9 Å². The van der Waals surface area contributed by atoms with Crippen LogP contribution < -0.4 is 12.4 Å². The Balaban J connectivity index is 0. The average molecular weight is 312 g/mol. The molecule has 0 saturated carbocycles. The Kier molecular flexibility index (Phi) is 17.2. The molecule has 0 aliphatic heterocycles. The van der Waals surface area contributed by atoms with Crippen molar-refractivity contribution in [3.05, 3.63) is 0 Å². The van der Waals surface area contributed by atoms with E-state index in [4.69, 9.17) is 11.6 Å². The van der Waals surface area contributed by atoms with Gasteiger partial charge in [-0.2, -0.15) is 0 Å². The topological polar surface area (TPSA) is 0 Å². The number of halogens is 2. The lowest BCUT2D eigenvalue weighted by molar-refractivity contribution is -0.890. The van der Waals surface area contributed by atoms with Gasteiger partial charge in [0.05, 0.1) is 27.2 Å². The summed E-state index contributed by atoms with van der Waals surface area (Å²) in [6.45, 7) is 4.82. The molecule has 0 aliphatic rings. The molecule has 0 unspecified atom stereocenters. The van der Waals surface area contributed by atoms with Crippen molar-refractivity contribution in [1.29, 1.82) is 0 Å². The van der Waals surface area contributed by atoms with Crippen LogP contribution in [0.25, 0.3) is 0 Å². The minimum absolute atomic E-state index is 0. The van der Waals surface area contributed by atoms with E-state index in [0.29, 0.717) is 0 Å². The summed E-state index contributed by atoms with van der Waals surface area (Å²) < 4.78 is 1.14. The van der Waals surface area contributed by atoms with Crippen molar-refractivity contribution in [3.63, 3.8) is 0 Å². The molecule has 0 heterocycles. The highest BCUT2D eigenvalue weighted by molar-refractivity contribution is 6.17. The van der Waals surface area contributed by atoms with Crippen LogP contribution in [0.1, 0.15) is 71.1 Å². The number of unbranched alkanes of at least 4 members (excludes halogenated alkanes) is 8. The standard InChI is InChI=1S/C16H35ClN.ClH/c1-4-5-6-7-8-9-10-11-12-15-18(2,3)16-13-14-17;/h4-16H2,1-3H3;1H/q+1;/p-1. The molecule has 0 spiro atoms. The molecule has 0 saturated heterocycles. The third kappa shape index (κ3) is 16.5. The minimum atomic E-state index is 0. The molecule has 19 heavy (non-hydrogen) atoms. The van der Waals surface area contributed by atoms with Gasteiger partial charge in [0.2, 0.25) is 0 Å². The van der Waals surface area contributed by atoms with E-state index >= 15 is 0 Å². The summed E-state index contributed by atoms with van der Waals surface area (Å²) >= 11 is 5.75. The molecule has 0 aliphatic carbocycles. The van der Waals surface area contributed by atoms with E-state index in [2.05, 4.69) is 21.0 Å². The summed E-state index contributed by atoms with van der Waals surface area (Å²) in [5.74, 6) is 0.805. The summed E-state index contributed by atoms with van der Waals surface area (Å²) in [6.07, 6.45) is 13.9. The molecule has 0 radical (unpaired) electrons. The number of rotatable bonds is 13. The molecule has 0 N–H and O–H groups in total. The third-order valence-electron chi connectivity index (χ3n) is 3.76. The van der Waals surface area contributed by atoms with Gasteiger partial charge in [0.25, 0.3) is 0 Å². The molecular weight excluding hydrogens is 277 g/mol. The first-order chi connectivity index (χ1) is 8.62. The van der Waals surface area contributed by atoms with Crippen molar-refractivity contribution >= 4 is 11.6 Å². The minimum Gasteiger partial charge on any atom is -1.00 e. The van der Waals surface area contributed by atoms with E-state index in [1.807, 2.05) is 0 Å². The molecule has 3 heteroatoms. The van der Waals surface area contributed by atoms with Crippen molar-refractivity contribution in [2.75, 3.05) is 33.1 Å². The maximum atomic E-state index is 5.75. The van der Waals surface area contributed by atoms with Gasteiger partial charge >= 0.3 is 0 Å². The molecule has 0 aromatic rings. The molecule has 0 rings (SSSR count). The second-order valence-electron chi connectivity index (χ2n) is 6.25. The molecule has 0 bridgehead atoms. The van der Waals surface area contributed by atoms with E-state index in [0.717, 1.165) is 16.8 Å². The van der Waals surface area contributed by atoms with Crippen LogP contribution in [0.15, 0.2) is 0 Å². The lowest BCUT2D eigenvalue weighted by Gasteiger charge is -2.29. The maximum absolute atomic E-state index is 5.75. The zero-order chi connectivity index (χ0) is 13.7. The number of nitrogens with zero attached hydrogens (tertiary/aromatic N) is 1. The van der Waals surface area contributed by atoms with Crippen LogP contribution in [0.5, 0.6) is 0 Å². The molecule has 118 valence electrons. The molecule has 0 fully saturated rings. The third-order valence-corrected chi connectivity index (χ3v) is 4.03. The Morgan fingerprint density at radius 2 is 1.11 bits per heavy atom. The number of alkyl halides is 1. The van der Waals surface area contributed by atoms with Gasteiger partial charge in [-0.25, -0.2) is 0 Å². The Morgan fingerprint density at radius 1 is 0.684 bits per heavy atom. The van der Waals surface area contributed by atoms with E-state index in [1.54, 1.807) is 0 Å². The van der Waals surface area contributed by atoms with Crippen molar-refractivity contribution in [1.82, 2.24) is 0 Å². The van der Waals surface area contributed by atoms with Crippen LogP contribution in [0.4, 0.5) is 0 Å². The van der Waals surface area contributed by atoms with Crippen molar-refractivity contribution in [2.24, 2.45) is 0 Å². The lowest BCUT2D eigenvalue weighted by atomic mass is 10.1. The van der Waals surface area contributed by atoms with Crippen LogP contribution in [-0.2, 0) is 0 Å². The summed E-state index contributed by atoms with van der Waals surface area (Å²) in [6, 6.07) is 0. The molecule has 0 aromatic heterocycles. The second-order valence-corrected chi connectivity index (χ2v) is 6.63. The SMILES string of the molecule is CCCCCCCCCCC[N+](C)(C)CCCCl.[Cl-]. The van der Waals surface area contributed by atoms with Crippen LogP contribution in [-0.4, -0.2) is 37.5 Å². The largest absolute Gasteiger partial charge is 1.00 e. The summed E-state index contributed by atoms with van der Waals surface area (Å²) in [7, 11) is 4.66. The van der Waals surface area contributed by atoms with Gasteiger partial charge in [-0.05, 0) is 12.8 Å². The quantitative estimate of drug-likeness (QED) is 0.278. The zero-order valence-corrected chi connectivity index (χ0v) is 14.9. The first kappa shape index (κ1) is 21.8. The van der Waals surface area contributed by atoms with Crippen LogP contribution in [0.3, 0.4) is 0 Å². The Hall–Kier alpha value is 0.540. The number of hydrogen-bond donors (Lipinski definition) is 0. The number of hydrogen-bond acceptors (Lipinski definition) is 0. The smallest absolute Gasteiger partial charge is 0.0794 e. The highest BCUT2D eigenvalue weighted by atomic mass is 35.5. The molecule has 0 amide bonds. The van der Waals surface area contributed by atoms with E-state index in [-0.39, 0.29) is 12.4 Å². The van der Waals surface area contributed by atoms with Crippen molar-refractivity contribution in [2.45, 2.75) is 71.1 Å². The highest BCUT2D eigenvalue weighted by Gasteiger charge is 2.12. The number of quaternary nitrogens is 1. The van der Waals surface area contributed by atoms with Gasteiger partial charge < -0.3 is 16.9 Å². The fraction of sp³-hybridized carbons (Fsp3) is 1.00. The van der Waals surface area contributed by atoms with E-state index < -0.39 is 0 Å². The highest BCUT2D eigenvalue weighted by Crippen LogP contribution is 2.11. The van der Waals surface area contributed by atoms with E-state index in [1.165, 1.54) is 70.9 Å². The average Bonchev–Trinajstić information content (AvgIpc) is 2.34. The summed E-state index contributed by atoms with van der Waals surface area (Å²) in [5.41, 5.74) is 0. The molecule has 0 aromatic carbocycles. The predicted octanol–water partition coefficient (Wildman–Crippen LogP) is 2.23. The van der Waals surface area contributed by atoms with Gasteiger partial charge in [0, 0.05) is 12.3 Å². The molecule has 0 atom stereocenters. The summed E-state index contributed by atoms with van der Waals surface area (Å²) in [4.78, 5) is 0. The Bertz CT molecular complexity index is 172. The predicted molar refractivity (Wildman–Crippen MR) is 84.4 cm³/mol. The molecular formula is C16H35Cl2N. The fourth-order valence-electron chi connectivity index (χ4n) is 2.45. The van der Waals surface area contributed by atoms with Gasteiger partial charge in [0.15, 0.2) is 0 Å². The van der Waals surface area contributed by atoms with Gasteiger partial charge in [-0.1, -0.05) is 51.9 Å². The normalized spacial score (nSPS) is 11.4. The van der Waals surface area contributed by atoms with Crippen LogP contribution in [0, 0.1) is 0 Å². The van der Waals surface area contributed by atoms with Gasteiger partial charge in [-0.3, -0.25) is 0 Å². The summed E-state index contributed by atoms with van der Waals surface area (Å²) in [5, 5.41) is 0. The van der Waals surface area contributed by atoms with Crippen LogP contribution >= 0.6 is 11.6 Å². The monoisotopic (exact) mass is 311 g/mol. The van der Waals surface area contributed by atoms with Gasteiger partial charge in [-0.15, -0.1) is 11.6 Å². The molecule has 1 nitrogen and oxygen atoms in total. The van der Waals surface area contributed by atoms with Crippen molar-refractivity contribution in [3.8, 4) is 0 Å². The second kappa shape index (κ2) is 14.9. The fourth-order valence-corrected chi connectivity index (χ4v) is 2.57. The maximum Gasteiger partial charge on any atom is 0.0794 e. The lowest BCUT2D eigenvalue weighted by Crippen LogP contribution is -3.00. The zero-order valence-electron chi connectivity index (χ0n) is 13.4. The Morgan fingerprint density at radius 3 is 1.58 bits per heavy atom. The Labute approximate surface area is 133 Å².